The van der Waals surface area contributed by atoms with Crippen molar-refractivity contribution in [2.45, 2.75) is 20.8 Å². The van der Waals surface area contributed by atoms with E-state index in [1.54, 1.807) is 0 Å². The van der Waals surface area contributed by atoms with Gasteiger partial charge in [0.15, 0.2) is 11.1 Å². The SMILES string of the molecule is C=[N+](C)/C(=C\C=C/C)n1c2c(C)c(C)c3c4ccccc4oc3c2n2c3ccccc3nc12. The normalized spacial score (nSPS) is 13.0. The summed E-state index contributed by atoms with van der Waals surface area (Å²) in [5.41, 5.74) is 8.31. The highest BCUT2D eigenvalue weighted by atomic mass is 16.3. The summed E-state index contributed by atoms with van der Waals surface area (Å²) in [6.07, 6.45) is 6.12. The van der Waals surface area contributed by atoms with Crippen LogP contribution in [0.3, 0.4) is 0 Å². The Balaban J connectivity index is 1.97. The Hall–Kier alpha value is -4.12. The number of benzene rings is 3. The lowest BCUT2D eigenvalue weighted by atomic mass is 10.0. The number of para-hydroxylation sites is 3. The van der Waals surface area contributed by atoms with E-state index in [1.165, 1.54) is 11.1 Å². The predicted octanol–water partition coefficient (Wildman–Crippen LogP) is 6.68. The molecule has 3 aromatic carbocycles. The largest absolute Gasteiger partial charge is 0.454 e. The number of imidazole rings is 2. The number of aryl methyl sites for hydroxylation is 2. The van der Waals surface area contributed by atoms with Gasteiger partial charge in [0.2, 0.25) is 0 Å². The number of aromatic nitrogens is 3. The summed E-state index contributed by atoms with van der Waals surface area (Å²) in [6.45, 7) is 10.6. The molecule has 0 spiro atoms. The lowest BCUT2D eigenvalue weighted by Crippen LogP contribution is -2.10. The molecule has 6 aromatic rings. The maximum atomic E-state index is 6.54. The molecule has 0 saturated heterocycles. The summed E-state index contributed by atoms with van der Waals surface area (Å²) in [5.74, 6) is 1.77. The van der Waals surface area contributed by atoms with Crippen LogP contribution in [-0.4, -0.2) is 32.3 Å². The van der Waals surface area contributed by atoms with E-state index < -0.39 is 0 Å². The second kappa shape index (κ2) is 6.94. The van der Waals surface area contributed by atoms with Gasteiger partial charge in [0.1, 0.15) is 11.1 Å². The summed E-state index contributed by atoms with van der Waals surface area (Å²) < 4.78 is 12.9. The third kappa shape index (κ3) is 2.53. The topological polar surface area (TPSA) is 38.4 Å². The van der Waals surface area contributed by atoms with E-state index in [-0.39, 0.29) is 0 Å². The molecule has 0 bridgehead atoms. The fourth-order valence-corrected chi connectivity index (χ4v) is 4.97. The number of nitrogens with zero attached hydrogens (tertiary/aromatic N) is 4. The van der Waals surface area contributed by atoms with Crippen molar-refractivity contribution in [1.82, 2.24) is 14.0 Å². The second-order valence-corrected chi connectivity index (χ2v) is 8.57. The van der Waals surface area contributed by atoms with E-state index in [4.69, 9.17) is 9.40 Å². The lowest BCUT2D eigenvalue weighted by molar-refractivity contribution is -0.392. The van der Waals surface area contributed by atoms with E-state index in [1.807, 2.05) is 48.9 Å². The van der Waals surface area contributed by atoms with Crippen molar-refractivity contribution in [3.8, 4) is 0 Å². The Morgan fingerprint density at radius 2 is 1.79 bits per heavy atom. The summed E-state index contributed by atoms with van der Waals surface area (Å²) >= 11 is 0. The molecule has 5 heteroatoms. The Labute approximate surface area is 191 Å². The van der Waals surface area contributed by atoms with Gasteiger partial charge < -0.3 is 4.42 Å². The van der Waals surface area contributed by atoms with Crippen LogP contribution in [0.5, 0.6) is 0 Å². The second-order valence-electron chi connectivity index (χ2n) is 8.57. The van der Waals surface area contributed by atoms with Gasteiger partial charge in [0, 0.05) is 22.4 Å². The summed E-state index contributed by atoms with van der Waals surface area (Å²) in [7, 11) is 1.96. The van der Waals surface area contributed by atoms with Gasteiger partial charge in [-0.3, -0.25) is 4.40 Å². The quantitative estimate of drug-likeness (QED) is 0.177. The fourth-order valence-electron chi connectivity index (χ4n) is 4.97. The first-order valence-corrected chi connectivity index (χ1v) is 11.1. The Morgan fingerprint density at radius 3 is 2.58 bits per heavy atom. The minimum absolute atomic E-state index is 0.841. The van der Waals surface area contributed by atoms with Gasteiger partial charge in [-0.25, -0.2) is 4.58 Å². The van der Waals surface area contributed by atoms with E-state index in [9.17, 15) is 0 Å². The van der Waals surface area contributed by atoms with E-state index in [0.717, 1.165) is 55.6 Å². The van der Waals surface area contributed by atoms with Crippen LogP contribution in [0, 0.1) is 13.8 Å². The summed E-state index contributed by atoms with van der Waals surface area (Å²) in [6, 6.07) is 16.5. The zero-order chi connectivity index (χ0) is 22.9. The minimum Gasteiger partial charge on any atom is -0.454 e. The van der Waals surface area contributed by atoms with Crippen LogP contribution in [-0.2, 0) is 0 Å². The highest BCUT2D eigenvalue weighted by Crippen LogP contribution is 2.41. The Morgan fingerprint density at radius 1 is 1.03 bits per heavy atom. The molecule has 33 heavy (non-hydrogen) atoms. The smallest absolute Gasteiger partial charge is 0.312 e. The number of rotatable bonds is 3. The van der Waals surface area contributed by atoms with Crippen LogP contribution in [0.15, 0.2) is 71.2 Å². The van der Waals surface area contributed by atoms with Crippen molar-refractivity contribution in [2.75, 3.05) is 7.05 Å². The Bertz CT molecular complexity index is 1820. The third-order valence-electron chi connectivity index (χ3n) is 6.58. The molecular formula is C28H25N4O+. The minimum atomic E-state index is 0.841. The average molecular weight is 434 g/mol. The van der Waals surface area contributed by atoms with Crippen LogP contribution >= 0.6 is 0 Å². The highest BCUT2D eigenvalue weighted by Gasteiger charge is 2.30. The standard InChI is InChI=1S/C28H25N4O/c1-6-7-16-23(30(4)5)32-25-18(3)17(2)24-19-12-8-11-15-22(19)33-27(24)26(25)31-21-14-10-9-13-20(21)29-28(31)32/h6-16H,4H2,1-3,5H3/q+1/b7-6-,23-16+. The molecule has 0 amide bonds. The predicted molar refractivity (Wildman–Crippen MR) is 137 cm³/mol. The van der Waals surface area contributed by atoms with Gasteiger partial charge in [-0.05, 0) is 44.5 Å². The van der Waals surface area contributed by atoms with Gasteiger partial charge in [-0.2, -0.15) is 9.55 Å². The van der Waals surface area contributed by atoms with Crippen molar-refractivity contribution >= 4 is 62.3 Å². The van der Waals surface area contributed by atoms with E-state index >= 15 is 0 Å². The van der Waals surface area contributed by atoms with Crippen molar-refractivity contribution in [3.05, 3.63) is 77.9 Å². The fraction of sp³-hybridized carbons (Fsp3) is 0.143. The molecule has 0 aliphatic carbocycles. The maximum Gasteiger partial charge on any atom is 0.312 e. The summed E-state index contributed by atoms with van der Waals surface area (Å²) in [5, 5.41) is 2.30. The molecular weight excluding hydrogens is 408 g/mol. The first-order chi connectivity index (χ1) is 16.0. The van der Waals surface area contributed by atoms with Gasteiger partial charge >= 0.3 is 5.78 Å². The molecule has 3 aromatic heterocycles. The zero-order valence-electron chi connectivity index (χ0n) is 19.3. The molecule has 0 N–H and O–H groups in total. The molecule has 6 rings (SSSR count). The lowest BCUT2D eigenvalue weighted by Gasteiger charge is -2.07. The zero-order valence-corrected chi connectivity index (χ0v) is 19.3. The molecule has 0 fully saturated rings. The Kier molecular flexibility index (Phi) is 4.11. The molecule has 5 nitrogen and oxygen atoms in total. The first-order valence-electron chi connectivity index (χ1n) is 11.1. The third-order valence-corrected chi connectivity index (χ3v) is 6.58. The molecule has 0 aliphatic heterocycles. The van der Waals surface area contributed by atoms with Gasteiger partial charge in [-0.1, -0.05) is 42.5 Å². The maximum absolute atomic E-state index is 6.54. The van der Waals surface area contributed by atoms with Crippen molar-refractivity contribution < 1.29 is 8.99 Å². The summed E-state index contributed by atoms with van der Waals surface area (Å²) in [4.78, 5) is 5.06. The van der Waals surface area contributed by atoms with Crippen LogP contribution in [0.25, 0.3) is 55.6 Å². The van der Waals surface area contributed by atoms with Crippen LogP contribution in [0.1, 0.15) is 18.1 Å². The number of furan rings is 1. The number of hydrogen-bond donors (Lipinski definition) is 0. The molecule has 162 valence electrons. The van der Waals surface area contributed by atoms with E-state index in [0.29, 0.717) is 0 Å². The monoisotopic (exact) mass is 433 g/mol. The van der Waals surface area contributed by atoms with Crippen molar-refractivity contribution in [1.29, 1.82) is 0 Å². The van der Waals surface area contributed by atoms with Crippen molar-refractivity contribution in [3.63, 3.8) is 0 Å². The van der Waals surface area contributed by atoms with Gasteiger partial charge in [-0.15, -0.1) is 0 Å². The number of allylic oxidation sites excluding steroid dienone is 3. The highest BCUT2D eigenvalue weighted by molar-refractivity contribution is 6.18. The molecule has 0 radical (unpaired) electrons. The van der Waals surface area contributed by atoms with Gasteiger partial charge in [0.05, 0.1) is 24.8 Å². The van der Waals surface area contributed by atoms with E-state index in [2.05, 4.69) is 65.9 Å². The van der Waals surface area contributed by atoms with Crippen LogP contribution in [0.2, 0.25) is 0 Å². The molecule has 0 unspecified atom stereocenters. The van der Waals surface area contributed by atoms with Crippen LogP contribution in [0.4, 0.5) is 0 Å². The first kappa shape index (κ1) is 19.6. The van der Waals surface area contributed by atoms with Crippen LogP contribution < -0.4 is 0 Å². The van der Waals surface area contributed by atoms with Gasteiger partial charge in [0.25, 0.3) is 5.82 Å². The van der Waals surface area contributed by atoms with Crippen molar-refractivity contribution in [2.24, 2.45) is 0 Å². The number of hydrogen-bond acceptors (Lipinski definition) is 2. The number of fused-ring (bicyclic) bond motifs is 9. The average Bonchev–Trinajstić information content (AvgIpc) is 3.46. The molecule has 0 saturated carbocycles. The molecule has 0 atom stereocenters. The molecule has 3 heterocycles. The molecule has 0 aliphatic rings.